The Labute approximate surface area is 66.2 Å². The number of amides is 4. The van der Waals surface area contributed by atoms with E-state index in [9.17, 15) is 14.5 Å². The number of rotatable bonds is 1. The number of hydrogen-bond donors (Lipinski definition) is 3. The minimum Gasteiger partial charge on any atom is -0.314 e. The van der Waals surface area contributed by atoms with Crippen LogP contribution >= 0.6 is 0 Å². The Morgan fingerprint density at radius 2 is 2.00 bits per heavy atom. The summed E-state index contributed by atoms with van der Waals surface area (Å²) in [5.74, 6) is 0. The summed E-state index contributed by atoms with van der Waals surface area (Å²) in [6.07, 6.45) is -1.27. The molecule has 0 radical (unpaired) electrons. The van der Waals surface area contributed by atoms with Gasteiger partial charge in [0.25, 0.3) is 0 Å². The van der Waals surface area contributed by atoms with E-state index >= 15 is 0 Å². The fourth-order valence-electron chi connectivity index (χ4n) is 1.21. The van der Waals surface area contributed by atoms with Crippen LogP contribution in [-0.2, 0) is 0 Å². The van der Waals surface area contributed by atoms with Gasteiger partial charge in [0.05, 0.1) is 5.29 Å². The van der Waals surface area contributed by atoms with Crippen molar-refractivity contribution in [3.8, 4) is 0 Å². The zero-order valence-electron chi connectivity index (χ0n) is 5.77. The first-order valence-electron chi connectivity index (χ1n) is 3.22. The fraction of sp³-hybridized carbons (Fsp3) is 0.500. The Bertz CT molecular complexity index is 265. The van der Waals surface area contributed by atoms with E-state index in [2.05, 4.69) is 21.2 Å². The number of hydrogen-bond acceptors (Lipinski definition) is 4. The number of nitrogens with zero attached hydrogens (tertiary/aromatic N) is 2. The summed E-state index contributed by atoms with van der Waals surface area (Å²) in [4.78, 5) is 31.6. The first-order chi connectivity index (χ1) is 5.72. The van der Waals surface area contributed by atoms with E-state index in [4.69, 9.17) is 0 Å². The molecular formula is C4H5N5O3. The van der Waals surface area contributed by atoms with Crippen LogP contribution in [-0.4, -0.2) is 29.4 Å². The van der Waals surface area contributed by atoms with Crippen molar-refractivity contribution >= 4 is 12.1 Å². The molecule has 2 rings (SSSR count). The van der Waals surface area contributed by atoms with Crippen LogP contribution in [0, 0.1) is 4.91 Å². The molecule has 64 valence electrons. The van der Waals surface area contributed by atoms with Crippen LogP contribution in [0.1, 0.15) is 0 Å². The third-order valence-corrected chi connectivity index (χ3v) is 1.72. The summed E-state index contributed by atoms with van der Waals surface area (Å²) in [5, 5.41) is 10.2. The summed E-state index contributed by atoms with van der Waals surface area (Å²) < 4.78 is 0. The van der Waals surface area contributed by atoms with Gasteiger partial charge in [0.15, 0.2) is 6.17 Å². The standard InChI is InChI=1S/C4H5N5O3/c10-3-5-1-2(7-3)9(8-12)4(11)6-1/h1-2H,(H,6,11)(H2,5,7,10). The summed E-state index contributed by atoms with van der Waals surface area (Å²) >= 11 is 0. The maximum atomic E-state index is 10.9. The first kappa shape index (κ1) is 6.83. The molecule has 2 aliphatic rings. The molecule has 2 unspecified atom stereocenters. The van der Waals surface area contributed by atoms with Crippen LogP contribution in [0.4, 0.5) is 9.59 Å². The van der Waals surface area contributed by atoms with E-state index in [1.807, 2.05) is 0 Å². The second kappa shape index (κ2) is 2.06. The van der Waals surface area contributed by atoms with Crippen molar-refractivity contribution in [2.45, 2.75) is 12.3 Å². The lowest BCUT2D eigenvalue weighted by molar-refractivity contribution is 0.198. The van der Waals surface area contributed by atoms with Crippen molar-refractivity contribution < 1.29 is 9.59 Å². The monoisotopic (exact) mass is 171 g/mol. The van der Waals surface area contributed by atoms with Crippen molar-refractivity contribution in [2.24, 2.45) is 5.29 Å². The summed E-state index contributed by atoms with van der Waals surface area (Å²) in [5.41, 5.74) is 0. The molecule has 0 aromatic rings. The Balaban J connectivity index is 2.22. The predicted molar refractivity (Wildman–Crippen MR) is 35.4 cm³/mol. The smallest absolute Gasteiger partial charge is 0.314 e. The van der Waals surface area contributed by atoms with E-state index in [1.165, 1.54) is 0 Å². The van der Waals surface area contributed by atoms with Crippen molar-refractivity contribution in [3.05, 3.63) is 4.91 Å². The number of fused-ring (bicyclic) bond motifs is 1. The maximum absolute atomic E-state index is 10.9. The molecule has 0 spiro atoms. The van der Waals surface area contributed by atoms with Crippen molar-refractivity contribution in [3.63, 3.8) is 0 Å². The Kier molecular flexibility index (Phi) is 1.17. The molecule has 2 aliphatic heterocycles. The molecule has 0 aromatic carbocycles. The highest BCUT2D eigenvalue weighted by atomic mass is 16.3. The quantitative estimate of drug-likeness (QED) is 0.425. The number of nitroso groups, excluding NO2 is 1. The van der Waals surface area contributed by atoms with E-state index in [0.717, 1.165) is 0 Å². The van der Waals surface area contributed by atoms with Gasteiger partial charge >= 0.3 is 12.1 Å². The highest BCUT2D eigenvalue weighted by Gasteiger charge is 2.46. The molecule has 0 bridgehead atoms. The molecule has 2 heterocycles. The van der Waals surface area contributed by atoms with Crippen LogP contribution in [0.15, 0.2) is 5.29 Å². The third kappa shape index (κ3) is 0.712. The lowest BCUT2D eigenvalue weighted by Crippen LogP contribution is -2.40. The van der Waals surface area contributed by atoms with Gasteiger partial charge in [-0.1, -0.05) is 0 Å². The zero-order valence-corrected chi connectivity index (χ0v) is 5.77. The number of carbonyl (C=O) groups is 2. The fourth-order valence-corrected chi connectivity index (χ4v) is 1.21. The Morgan fingerprint density at radius 1 is 1.25 bits per heavy atom. The molecule has 2 atom stereocenters. The van der Waals surface area contributed by atoms with Crippen LogP contribution in [0.5, 0.6) is 0 Å². The minimum absolute atomic E-state index is 0.432. The van der Waals surface area contributed by atoms with Gasteiger partial charge < -0.3 is 16.0 Å². The molecule has 2 fully saturated rings. The molecule has 0 saturated carbocycles. The van der Waals surface area contributed by atoms with Crippen LogP contribution in [0.2, 0.25) is 0 Å². The van der Waals surface area contributed by atoms with E-state index < -0.39 is 24.4 Å². The number of carbonyl (C=O) groups excluding carboxylic acids is 2. The largest absolute Gasteiger partial charge is 0.344 e. The SMILES string of the molecule is O=NN1C(=O)NC2NC(=O)NC21. The van der Waals surface area contributed by atoms with E-state index in [-0.39, 0.29) is 0 Å². The summed E-state index contributed by atoms with van der Waals surface area (Å²) in [6, 6.07) is -1.05. The van der Waals surface area contributed by atoms with Gasteiger partial charge in [-0.3, -0.25) is 0 Å². The molecule has 3 N–H and O–H groups in total. The molecule has 2 saturated heterocycles. The summed E-state index contributed by atoms with van der Waals surface area (Å²) in [6.45, 7) is 0. The second-order valence-electron chi connectivity index (χ2n) is 2.42. The van der Waals surface area contributed by atoms with Crippen LogP contribution in [0.3, 0.4) is 0 Å². The zero-order chi connectivity index (χ0) is 8.72. The highest BCUT2D eigenvalue weighted by molar-refractivity contribution is 5.84. The van der Waals surface area contributed by atoms with Gasteiger partial charge in [0, 0.05) is 0 Å². The van der Waals surface area contributed by atoms with E-state index in [0.29, 0.717) is 5.01 Å². The van der Waals surface area contributed by atoms with E-state index in [1.54, 1.807) is 0 Å². The summed E-state index contributed by atoms with van der Waals surface area (Å²) in [7, 11) is 0. The molecule has 8 nitrogen and oxygen atoms in total. The Morgan fingerprint density at radius 3 is 2.67 bits per heavy atom. The maximum Gasteiger partial charge on any atom is 0.344 e. The highest BCUT2D eigenvalue weighted by Crippen LogP contribution is 2.13. The average molecular weight is 171 g/mol. The average Bonchev–Trinajstić information content (AvgIpc) is 2.43. The normalized spacial score (nSPS) is 32.2. The van der Waals surface area contributed by atoms with Gasteiger partial charge in [0.1, 0.15) is 6.17 Å². The molecular weight excluding hydrogens is 166 g/mol. The van der Waals surface area contributed by atoms with Crippen molar-refractivity contribution in [2.75, 3.05) is 0 Å². The van der Waals surface area contributed by atoms with Crippen molar-refractivity contribution in [1.29, 1.82) is 0 Å². The third-order valence-electron chi connectivity index (χ3n) is 1.72. The first-order valence-corrected chi connectivity index (χ1v) is 3.22. The molecule has 8 heteroatoms. The number of urea groups is 2. The Hall–Kier alpha value is -1.86. The predicted octanol–water partition coefficient (Wildman–Crippen LogP) is -1.34. The van der Waals surface area contributed by atoms with Crippen LogP contribution in [0.25, 0.3) is 0 Å². The molecule has 0 aromatic heterocycles. The lowest BCUT2D eigenvalue weighted by Gasteiger charge is -2.09. The number of nitrogens with one attached hydrogen (secondary N) is 3. The van der Waals surface area contributed by atoms with Gasteiger partial charge in [-0.25, -0.2) is 9.59 Å². The molecule has 0 aliphatic carbocycles. The lowest BCUT2D eigenvalue weighted by atomic mass is 10.4. The minimum atomic E-state index is -0.706. The van der Waals surface area contributed by atoms with Crippen LogP contribution < -0.4 is 16.0 Å². The second-order valence-corrected chi connectivity index (χ2v) is 2.42. The van der Waals surface area contributed by atoms with Gasteiger partial charge in [0.2, 0.25) is 0 Å². The van der Waals surface area contributed by atoms with Gasteiger partial charge in [-0.15, -0.1) is 4.91 Å². The molecule has 12 heavy (non-hydrogen) atoms. The van der Waals surface area contributed by atoms with Gasteiger partial charge in [-0.2, -0.15) is 5.01 Å². The molecule has 4 amide bonds. The van der Waals surface area contributed by atoms with Crippen molar-refractivity contribution in [1.82, 2.24) is 21.0 Å². The topological polar surface area (TPSA) is 103 Å². The van der Waals surface area contributed by atoms with Gasteiger partial charge in [-0.05, 0) is 0 Å².